The maximum atomic E-state index is 12.6. The number of benzene rings is 1. The highest BCUT2D eigenvalue weighted by atomic mass is 32.2. The van der Waals surface area contributed by atoms with E-state index in [1.54, 1.807) is 13.8 Å². The lowest BCUT2D eigenvalue weighted by Crippen LogP contribution is -2.37. The zero-order valence-corrected chi connectivity index (χ0v) is 15.3. The van der Waals surface area contributed by atoms with Gasteiger partial charge in [-0.05, 0) is 69.7 Å². The van der Waals surface area contributed by atoms with Crippen molar-refractivity contribution >= 4 is 15.7 Å². The summed E-state index contributed by atoms with van der Waals surface area (Å²) >= 11 is 0. The van der Waals surface area contributed by atoms with Gasteiger partial charge in [-0.2, -0.15) is 13.2 Å². The Morgan fingerprint density at radius 3 is 2.12 bits per heavy atom. The average Bonchev–Trinajstić information content (AvgIpc) is 2.54. The predicted molar refractivity (Wildman–Crippen MR) is 92.9 cm³/mol. The molecule has 1 fully saturated rings. The first-order chi connectivity index (χ1) is 11.6. The first-order valence-corrected chi connectivity index (χ1v) is 10.0. The van der Waals surface area contributed by atoms with E-state index in [0.717, 1.165) is 37.8 Å². The number of hydrogen-bond acceptors (Lipinski definition) is 3. The minimum absolute atomic E-state index is 0.203. The monoisotopic (exact) mass is 378 g/mol. The number of hydrogen-bond donors (Lipinski definition) is 2. The van der Waals surface area contributed by atoms with Crippen LogP contribution in [-0.4, -0.2) is 26.3 Å². The molecule has 0 aromatic heterocycles. The van der Waals surface area contributed by atoms with Gasteiger partial charge in [-0.25, -0.2) is 13.1 Å². The molecule has 2 N–H and O–H groups in total. The molecular formula is C17H25F3N2O2S. The Bertz CT molecular complexity index is 649. The second kappa shape index (κ2) is 7.95. The van der Waals surface area contributed by atoms with E-state index in [0.29, 0.717) is 18.2 Å². The standard InChI is InChI=1S/C17H25F3N2O2S/c1-12(2)25(23,24)21-11-13-3-7-15(8-4-13)22-16-9-5-14(6-10-16)17(18,19)20/h5-6,9-10,12-13,15,21-22H,3-4,7-8,11H2,1-2H3/t13-,15-. The van der Waals surface area contributed by atoms with Crippen LogP contribution in [0.1, 0.15) is 45.1 Å². The van der Waals surface area contributed by atoms with Gasteiger partial charge >= 0.3 is 6.18 Å². The lowest BCUT2D eigenvalue weighted by molar-refractivity contribution is -0.137. The number of alkyl halides is 3. The van der Waals surface area contributed by atoms with Gasteiger partial charge in [0.1, 0.15) is 0 Å². The fraction of sp³-hybridized carbons (Fsp3) is 0.647. The topological polar surface area (TPSA) is 58.2 Å². The quantitative estimate of drug-likeness (QED) is 0.787. The number of halogens is 3. The third kappa shape index (κ3) is 5.88. The van der Waals surface area contributed by atoms with Gasteiger partial charge in [0, 0.05) is 18.3 Å². The average molecular weight is 378 g/mol. The molecular weight excluding hydrogens is 353 g/mol. The summed E-state index contributed by atoms with van der Waals surface area (Å²) in [5.41, 5.74) is 0.0242. The van der Waals surface area contributed by atoms with Crippen LogP contribution in [0.25, 0.3) is 0 Å². The van der Waals surface area contributed by atoms with Crippen molar-refractivity contribution in [2.24, 2.45) is 5.92 Å². The van der Waals surface area contributed by atoms with Gasteiger partial charge in [-0.1, -0.05) is 0 Å². The van der Waals surface area contributed by atoms with E-state index in [-0.39, 0.29) is 6.04 Å². The maximum absolute atomic E-state index is 12.6. The van der Waals surface area contributed by atoms with Crippen LogP contribution in [0.3, 0.4) is 0 Å². The van der Waals surface area contributed by atoms with Gasteiger partial charge in [0.2, 0.25) is 10.0 Å². The molecule has 0 aliphatic heterocycles. The third-order valence-corrected chi connectivity index (χ3v) is 6.43. The molecule has 0 radical (unpaired) electrons. The van der Waals surface area contributed by atoms with Crippen molar-refractivity contribution in [3.8, 4) is 0 Å². The number of nitrogens with one attached hydrogen (secondary N) is 2. The van der Waals surface area contributed by atoms with Crippen LogP contribution in [0.2, 0.25) is 0 Å². The van der Waals surface area contributed by atoms with Crippen molar-refractivity contribution in [1.82, 2.24) is 4.72 Å². The molecule has 0 saturated heterocycles. The fourth-order valence-electron chi connectivity index (χ4n) is 2.90. The first kappa shape index (κ1) is 20.0. The first-order valence-electron chi connectivity index (χ1n) is 8.50. The number of rotatable bonds is 6. The van der Waals surface area contributed by atoms with Crippen molar-refractivity contribution in [1.29, 1.82) is 0 Å². The highest BCUT2D eigenvalue weighted by Crippen LogP contribution is 2.31. The molecule has 1 aliphatic rings. The molecule has 25 heavy (non-hydrogen) atoms. The maximum Gasteiger partial charge on any atom is 0.416 e. The molecule has 0 unspecified atom stereocenters. The molecule has 0 bridgehead atoms. The third-order valence-electron chi connectivity index (χ3n) is 4.62. The van der Waals surface area contributed by atoms with E-state index in [2.05, 4.69) is 10.0 Å². The van der Waals surface area contributed by atoms with E-state index in [1.165, 1.54) is 12.1 Å². The number of anilines is 1. The molecule has 2 rings (SSSR count). The van der Waals surface area contributed by atoms with Crippen LogP contribution in [0.15, 0.2) is 24.3 Å². The summed E-state index contributed by atoms with van der Waals surface area (Å²) in [5.74, 6) is 0.305. The fourth-order valence-corrected chi connectivity index (χ4v) is 3.70. The Labute approximate surface area is 147 Å². The minimum atomic E-state index is -4.32. The van der Waals surface area contributed by atoms with Gasteiger partial charge in [-0.15, -0.1) is 0 Å². The Balaban J connectivity index is 1.79. The van der Waals surface area contributed by atoms with Crippen molar-refractivity contribution in [2.45, 2.75) is 57.0 Å². The normalized spacial score (nSPS) is 22.2. The van der Waals surface area contributed by atoms with Gasteiger partial charge in [-0.3, -0.25) is 0 Å². The second-order valence-electron chi connectivity index (χ2n) is 6.88. The molecule has 4 nitrogen and oxygen atoms in total. The van der Waals surface area contributed by atoms with Crippen molar-refractivity contribution in [3.05, 3.63) is 29.8 Å². The van der Waals surface area contributed by atoms with Crippen molar-refractivity contribution in [3.63, 3.8) is 0 Å². The van der Waals surface area contributed by atoms with Gasteiger partial charge in [0.05, 0.1) is 10.8 Å². The minimum Gasteiger partial charge on any atom is -0.382 e. The van der Waals surface area contributed by atoms with Crippen molar-refractivity contribution in [2.75, 3.05) is 11.9 Å². The van der Waals surface area contributed by atoms with Crippen LogP contribution < -0.4 is 10.0 Å². The van der Waals surface area contributed by atoms with Crippen molar-refractivity contribution < 1.29 is 21.6 Å². The lowest BCUT2D eigenvalue weighted by Gasteiger charge is -2.30. The van der Waals surface area contributed by atoms with E-state index in [1.807, 2.05) is 0 Å². The molecule has 1 aromatic carbocycles. The Morgan fingerprint density at radius 1 is 1.08 bits per heavy atom. The zero-order chi connectivity index (χ0) is 18.7. The number of sulfonamides is 1. The van der Waals surface area contributed by atoms with Crippen LogP contribution >= 0.6 is 0 Å². The summed E-state index contributed by atoms with van der Waals surface area (Å²) in [6.45, 7) is 3.74. The van der Waals surface area contributed by atoms with Gasteiger partial charge in [0.15, 0.2) is 0 Å². The van der Waals surface area contributed by atoms with Crippen LogP contribution in [0.4, 0.5) is 18.9 Å². The highest BCUT2D eigenvalue weighted by molar-refractivity contribution is 7.90. The van der Waals surface area contributed by atoms with E-state index in [9.17, 15) is 21.6 Å². The Hall–Kier alpha value is -1.28. The molecule has 1 saturated carbocycles. The largest absolute Gasteiger partial charge is 0.416 e. The van der Waals surface area contributed by atoms with E-state index in [4.69, 9.17) is 0 Å². The zero-order valence-electron chi connectivity index (χ0n) is 14.4. The Kier molecular flexibility index (Phi) is 6.37. The summed E-state index contributed by atoms with van der Waals surface area (Å²) in [7, 11) is -3.23. The summed E-state index contributed by atoms with van der Waals surface area (Å²) in [5, 5.41) is 2.82. The molecule has 142 valence electrons. The molecule has 0 amide bonds. The van der Waals surface area contributed by atoms with E-state index >= 15 is 0 Å². The smallest absolute Gasteiger partial charge is 0.382 e. The molecule has 8 heteroatoms. The molecule has 0 heterocycles. The van der Waals surface area contributed by atoms with Crippen LogP contribution in [0.5, 0.6) is 0 Å². The molecule has 1 aromatic rings. The van der Waals surface area contributed by atoms with E-state index < -0.39 is 27.0 Å². The lowest BCUT2D eigenvalue weighted by atomic mass is 9.86. The molecule has 0 spiro atoms. The second-order valence-corrected chi connectivity index (χ2v) is 9.20. The summed E-state index contributed by atoms with van der Waals surface area (Å²) in [6.07, 6.45) is -0.804. The molecule has 0 atom stereocenters. The summed E-state index contributed by atoms with van der Waals surface area (Å²) in [4.78, 5) is 0. The van der Waals surface area contributed by atoms with Gasteiger partial charge in [0.25, 0.3) is 0 Å². The van der Waals surface area contributed by atoms with Crippen LogP contribution in [-0.2, 0) is 16.2 Å². The predicted octanol–water partition coefficient (Wildman–Crippen LogP) is 4.00. The Morgan fingerprint density at radius 2 is 1.64 bits per heavy atom. The summed E-state index contributed by atoms with van der Waals surface area (Å²) < 4.78 is 63.9. The molecule has 1 aliphatic carbocycles. The SMILES string of the molecule is CC(C)S(=O)(=O)NC[C@H]1CC[C@H](Nc2ccc(C(F)(F)F)cc2)CC1. The summed E-state index contributed by atoms with van der Waals surface area (Å²) in [6, 6.07) is 5.26. The highest BCUT2D eigenvalue weighted by Gasteiger charge is 2.30. The van der Waals surface area contributed by atoms with Crippen LogP contribution in [0, 0.1) is 5.92 Å². The van der Waals surface area contributed by atoms with Gasteiger partial charge < -0.3 is 5.32 Å².